The van der Waals surface area contributed by atoms with Crippen LogP contribution < -0.4 is 5.32 Å². The fourth-order valence-corrected chi connectivity index (χ4v) is 12.2. The average Bonchev–Trinajstić information content (AvgIpc) is 3.02. The summed E-state index contributed by atoms with van der Waals surface area (Å²) in [5.74, 6) is 0.603. The first kappa shape index (κ1) is 35.4. The van der Waals surface area contributed by atoms with E-state index in [0.717, 1.165) is 56.9 Å². The van der Waals surface area contributed by atoms with E-state index in [0.29, 0.717) is 18.9 Å². The normalized spacial score (nSPS) is 41.6. The predicted molar refractivity (Wildman–Crippen MR) is 191 cm³/mol. The van der Waals surface area contributed by atoms with Crippen molar-refractivity contribution in [3.05, 3.63) is 47.5 Å². The van der Waals surface area contributed by atoms with Gasteiger partial charge in [-0.15, -0.1) is 0 Å². The lowest BCUT2D eigenvalue weighted by molar-refractivity contribution is -0.202. The number of fused-ring (bicyclic) bond motifs is 7. The molecule has 0 aromatic heterocycles. The summed E-state index contributed by atoms with van der Waals surface area (Å²) in [7, 11) is 0. The van der Waals surface area contributed by atoms with Crippen molar-refractivity contribution in [2.24, 2.45) is 50.2 Å². The van der Waals surface area contributed by atoms with Gasteiger partial charge >= 0.3 is 0 Å². The Kier molecular flexibility index (Phi) is 8.70. The number of carbonyl (C=O) groups is 3. The zero-order valence-corrected chi connectivity index (χ0v) is 31.2. The van der Waals surface area contributed by atoms with Crippen molar-refractivity contribution in [2.75, 3.05) is 6.54 Å². The van der Waals surface area contributed by atoms with Gasteiger partial charge in [0.05, 0.1) is 12.6 Å². The van der Waals surface area contributed by atoms with Crippen LogP contribution in [0, 0.1) is 50.2 Å². The van der Waals surface area contributed by atoms with Crippen LogP contribution in [0.15, 0.2) is 42.0 Å². The molecule has 0 unspecified atom stereocenters. The van der Waals surface area contributed by atoms with E-state index in [1.165, 1.54) is 5.57 Å². The lowest BCUT2D eigenvalue weighted by atomic mass is 9.33. The third-order valence-electron chi connectivity index (χ3n) is 15.6. The molecule has 1 aromatic rings. The number of nitrogens with one attached hydrogen (secondary N) is 1. The van der Waals surface area contributed by atoms with Crippen LogP contribution in [0.4, 0.5) is 0 Å². The van der Waals surface area contributed by atoms with E-state index in [1.54, 1.807) is 4.90 Å². The summed E-state index contributed by atoms with van der Waals surface area (Å²) >= 11 is 0. The molecule has 264 valence electrons. The second-order valence-electron chi connectivity index (χ2n) is 18.9. The second kappa shape index (κ2) is 11.8. The van der Waals surface area contributed by atoms with Gasteiger partial charge in [-0.05, 0) is 122 Å². The Morgan fingerprint density at radius 1 is 0.917 bits per heavy atom. The largest absolute Gasteiger partial charge is 0.393 e. The molecule has 4 saturated carbocycles. The number of benzene rings is 1. The smallest absolute Gasteiger partial charge is 0.239 e. The van der Waals surface area contributed by atoms with Gasteiger partial charge in [0, 0.05) is 23.9 Å². The molecule has 48 heavy (non-hydrogen) atoms. The first-order chi connectivity index (χ1) is 22.3. The molecule has 5 aliphatic carbocycles. The maximum atomic E-state index is 14.7. The number of carbonyl (C=O) groups excluding carboxylic acids is 3. The molecule has 6 nitrogen and oxygen atoms in total. The Morgan fingerprint density at radius 2 is 1.58 bits per heavy atom. The quantitative estimate of drug-likeness (QED) is 0.326. The lowest BCUT2D eigenvalue weighted by Crippen LogP contribution is -2.66. The number of rotatable bonds is 6. The van der Waals surface area contributed by atoms with Crippen LogP contribution in [-0.2, 0) is 20.9 Å². The highest BCUT2D eigenvalue weighted by Crippen LogP contribution is 2.75. The summed E-state index contributed by atoms with van der Waals surface area (Å²) < 4.78 is 0. The number of amides is 2. The van der Waals surface area contributed by atoms with Crippen LogP contribution in [0.1, 0.15) is 126 Å². The number of aliphatic hydroxyl groups is 1. The summed E-state index contributed by atoms with van der Waals surface area (Å²) in [5, 5.41) is 14.1. The van der Waals surface area contributed by atoms with Gasteiger partial charge in [0.25, 0.3) is 0 Å². The van der Waals surface area contributed by atoms with Crippen LogP contribution in [0.25, 0.3) is 0 Å². The zero-order valence-electron chi connectivity index (χ0n) is 31.2. The maximum absolute atomic E-state index is 14.7. The Balaban J connectivity index is 1.28. The molecule has 4 fully saturated rings. The Morgan fingerprint density at radius 3 is 2.25 bits per heavy atom. The predicted octanol–water partition coefficient (Wildman–Crippen LogP) is 7.88. The topological polar surface area (TPSA) is 86.7 Å². The molecular formula is C42H62N2O4. The maximum Gasteiger partial charge on any atom is 0.239 e. The van der Waals surface area contributed by atoms with Crippen molar-refractivity contribution >= 4 is 17.6 Å². The van der Waals surface area contributed by atoms with Crippen LogP contribution >= 0.6 is 0 Å². The van der Waals surface area contributed by atoms with E-state index in [-0.39, 0.29) is 75.2 Å². The number of aliphatic hydroxyl groups excluding tert-OH is 1. The number of hydrogen-bond acceptors (Lipinski definition) is 4. The van der Waals surface area contributed by atoms with E-state index in [4.69, 9.17) is 0 Å². The van der Waals surface area contributed by atoms with Crippen LogP contribution in [0.2, 0.25) is 0 Å². The van der Waals surface area contributed by atoms with E-state index in [1.807, 2.05) is 44.2 Å². The van der Waals surface area contributed by atoms with Gasteiger partial charge in [-0.3, -0.25) is 14.4 Å². The molecule has 6 rings (SSSR count). The molecule has 0 radical (unpaired) electrons. The van der Waals surface area contributed by atoms with Gasteiger partial charge in [-0.2, -0.15) is 0 Å². The minimum atomic E-state index is -0.610. The second-order valence-corrected chi connectivity index (χ2v) is 18.9. The molecule has 1 aromatic carbocycles. The van der Waals surface area contributed by atoms with Crippen molar-refractivity contribution in [2.45, 2.75) is 139 Å². The molecule has 0 saturated heterocycles. The summed E-state index contributed by atoms with van der Waals surface area (Å²) in [6, 6.07) is 9.75. The van der Waals surface area contributed by atoms with Gasteiger partial charge in [0.1, 0.15) is 0 Å². The first-order valence-corrected chi connectivity index (χ1v) is 18.9. The van der Waals surface area contributed by atoms with Gasteiger partial charge < -0.3 is 15.3 Å². The minimum absolute atomic E-state index is 0.0440. The fourth-order valence-electron chi connectivity index (χ4n) is 12.2. The average molecular weight is 659 g/mol. The third kappa shape index (κ3) is 5.24. The first-order valence-electron chi connectivity index (χ1n) is 18.9. The van der Waals surface area contributed by atoms with Gasteiger partial charge in [0.15, 0.2) is 5.78 Å². The fraction of sp³-hybridized carbons (Fsp3) is 0.738. The molecule has 2 N–H and O–H groups in total. The minimum Gasteiger partial charge on any atom is -0.393 e. The van der Waals surface area contributed by atoms with Gasteiger partial charge in [-0.25, -0.2) is 0 Å². The molecule has 0 heterocycles. The van der Waals surface area contributed by atoms with Crippen molar-refractivity contribution in [3.63, 3.8) is 0 Å². The number of nitrogens with zero attached hydrogens (tertiary/aromatic N) is 1. The molecule has 9 atom stereocenters. The van der Waals surface area contributed by atoms with Crippen molar-refractivity contribution < 1.29 is 19.5 Å². The van der Waals surface area contributed by atoms with Crippen LogP contribution in [0.3, 0.4) is 0 Å². The Hall–Kier alpha value is -2.47. The van der Waals surface area contributed by atoms with Crippen molar-refractivity contribution in [1.82, 2.24) is 10.2 Å². The monoisotopic (exact) mass is 658 g/mol. The highest BCUT2D eigenvalue weighted by atomic mass is 16.3. The van der Waals surface area contributed by atoms with Gasteiger partial charge in [0.2, 0.25) is 11.8 Å². The highest BCUT2D eigenvalue weighted by molar-refractivity contribution is 5.96. The SMILES string of the molecule is CC(C)N(CC(=O)NCc1ccccc1)C(=O)[C@@]1(C)CC[C@]2(C)CC[C@]3(C)C(=CC(=O)[C@@H]4[C@@]5(C)CC[C@H](O)C(C)(C)[C@@H]5CC[C@]43C)[C@@H]2C1. The van der Waals surface area contributed by atoms with E-state index < -0.39 is 5.41 Å². The zero-order chi connectivity index (χ0) is 35.1. The molecule has 0 spiro atoms. The van der Waals surface area contributed by atoms with E-state index >= 15 is 0 Å². The van der Waals surface area contributed by atoms with Crippen molar-refractivity contribution in [3.8, 4) is 0 Å². The third-order valence-corrected chi connectivity index (χ3v) is 15.6. The summed E-state index contributed by atoms with van der Waals surface area (Å²) in [4.78, 5) is 44.2. The molecular weight excluding hydrogens is 596 g/mol. The summed E-state index contributed by atoms with van der Waals surface area (Å²) in [6.45, 7) is 20.7. The molecule has 2 amide bonds. The summed E-state index contributed by atoms with van der Waals surface area (Å²) in [6.07, 6.45) is 10.1. The molecule has 0 bridgehead atoms. The Bertz CT molecular complexity index is 1480. The standard InChI is InChI=1S/C42H62N2O4/c1-27(2)44(26-34(47)43-25-28-13-11-10-12-14-28)36(48)39(6)20-19-38(5)21-22-41(8)29(30(38)24-39)23-31(45)35-40(7)17-16-33(46)37(3,4)32(40)15-18-42(35,41)9/h10-14,23,27,30,32-33,35,46H,15-22,24-26H2,1-9H3,(H,43,47)/t30-,32-,33-,35+,38+,39-,40-,41+,42+/m0/s1. The Labute approximate surface area is 289 Å². The molecule has 5 aliphatic rings. The van der Waals surface area contributed by atoms with Crippen LogP contribution in [-0.4, -0.2) is 46.3 Å². The van der Waals surface area contributed by atoms with E-state index in [2.05, 4.69) is 59.9 Å². The highest BCUT2D eigenvalue weighted by Gasteiger charge is 2.70. The summed E-state index contributed by atoms with van der Waals surface area (Å²) in [5.41, 5.74) is 1.12. The number of hydrogen-bond donors (Lipinski definition) is 2. The number of ketones is 1. The van der Waals surface area contributed by atoms with E-state index in [9.17, 15) is 19.5 Å². The van der Waals surface area contributed by atoms with Crippen LogP contribution in [0.5, 0.6) is 0 Å². The molecule has 6 heteroatoms. The molecule has 0 aliphatic heterocycles. The van der Waals surface area contributed by atoms with Gasteiger partial charge in [-0.1, -0.05) is 84.4 Å². The number of allylic oxidation sites excluding steroid dienone is 2. The lowest BCUT2D eigenvalue weighted by Gasteiger charge is -2.70. The van der Waals surface area contributed by atoms with Crippen molar-refractivity contribution in [1.29, 1.82) is 0 Å².